The lowest BCUT2D eigenvalue weighted by atomic mass is 10.1. The van der Waals surface area contributed by atoms with Crippen molar-refractivity contribution in [2.24, 2.45) is 0 Å². The molecular weight excluding hydrogens is 364 g/mol. The maximum atomic E-state index is 13.1. The molecule has 0 radical (unpaired) electrons. The quantitative estimate of drug-likeness (QED) is 0.604. The molecule has 0 aliphatic rings. The van der Waals surface area contributed by atoms with Crippen molar-refractivity contribution in [3.05, 3.63) is 64.4 Å². The van der Waals surface area contributed by atoms with Gasteiger partial charge in [-0.15, -0.1) is 11.3 Å². The molecule has 0 atom stereocenters. The molecule has 0 aliphatic carbocycles. The summed E-state index contributed by atoms with van der Waals surface area (Å²) >= 11 is 1.48. The van der Waals surface area contributed by atoms with Crippen LogP contribution < -0.4 is 0 Å². The van der Waals surface area contributed by atoms with Crippen LogP contribution in [0, 0.1) is 13.8 Å². The summed E-state index contributed by atoms with van der Waals surface area (Å²) in [7, 11) is 1.30. The van der Waals surface area contributed by atoms with E-state index in [9.17, 15) is 9.59 Å². The molecule has 2 heterocycles. The molecule has 0 unspecified atom stereocenters. The van der Waals surface area contributed by atoms with Crippen LogP contribution >= 0.6 is 11.3 Å². The Labute approximate surface area is 161 Å². The zero-order valence-electron chi connectivity index (χ0n) is 15.4. The van der Waals surface area contributed by atoms with Gasteiger partial charge in [-0.1, -0.05) is 30.3 Å². The van der Waals surface area contributed by atoms with Gasteiger partial charge in [0.15, 0.2) is 5.69 Å². The van der Waals surface area contributed by atoms with Gasteiger partial charge in [0.1, 0.15) is 12.3 Å². The van der Waals surface area contributed by atoms with Crippen LogP contribution in [0.25, 0.3) is 10.8 Å². The van der Waals surface area contributed by atoms with Gasteiger partial charge in [-0.2, -0.15) is 0 Å². The second-order valence-electron chi connectivity index (χ2n) is 6.06. The lowest BCUT2D eigenvalue weighted by molar-refractivity contribution is -0.141. The smallest absolute Gasteiger partial charge is 0.325 e. The minimum absolute atomic E-state index is 0.162. The number of benzene rings is 1. The van der Waals surface area contributed by atoms with Gasteiger partial charge in [0.05, 0.1) is 12.0 Å². The highest BCUT2D eigenvalue weighted by Gasteiger charge is 2.26. The van der Waals surface area contributed by atoms with Gasteiger partial charge in [-0.05, 0) is 36.4 Å². The van der Waals surface area contributed by atoms with E-state index in [2.05, 4.69) is 4.98 Å². The SMILES string of the molecule is COC(=O)CN(Cc1ccccc1C)C(=O)c1nc(-c2cccs2)oc1C. The Morgan fingerprint density at radius 2 is 1.96 bits per heavy atom. The highest BCUT2D eigenvalue weighted by atomic mass is 32.1. The maximum Gasteiger partial charge on any atom is 0.325 e. The summed E-state index contributed by atoms with van der Waals surface area (Å²) in [5.74, 6) is -0.0351. The number of thiophene rings is 1. The Morgan fingerprint density at radius 1 is 1.19 bits per heavy atom. The van der Waals surface area contributed by atoms with Gasteiger partial charge in [0, 0.05) is 6.54 Å². The molecule has 0 aliphatic heterocycles. The summed E-state index contributed by atoms with van der Waals surface area (Å²) in [5.41, 5.74) is 2.20. The van der Waals surface area contributed by atoms with Crippen molar-refractivity contribution in [3.63, 3.8) is 0 Å². The van der Waals surface area contributed by atoms with E-state index in [1.807, 2.05) is 48.7 Å². The number of carbonyl (C=O) groups excluding carboxylic acids is 2. The van der Waals surface area contributed by atoms with Crippen LogP contribution in [0.3, 0.4) is 0 Å². The van der Waals surface area contributed by atoms with Crippen LogP contribution in [0.4, 0.5) is 0 Å². The Balaban J connectivity index is 1.91. The number of methoxy groups -OCH3 is 1. The fourth-order valence-corrected chi connectivity index (χ4v) is 3.31. The molecule has 3 rings (SSSR count). The Hall–Kier alpha value is -2.93. The molecule has 7 heteroatoms. The van der Waals surface area contributed by atoms with E-state index in [4.69, 9.17) is 9.15 Å². The van der Waals surface area contributed by atoms with Crippen molar-refractivity contribution >= 4 is 23.2 Å². The van der Waals surface area contributed by atoms with Gasteiger partial charge >= 0.3 is 5.97 Å². The zero-order chi connectivity index (χ0) is 19.4. The van der Waals surface area contributed by atoms with Gasteiger partial charge < -0.3 is 14.1 Å². The minimum atomic E-state index is -0.489. The van der Waals surface area contributed by atoms with E-state index in [0.717, 1.165) is 16.0 Å². The van der Waals surface area contributed by atoms with Crippen LogP contribution in [-0.4, -0.2) is 35.4 Å². The predicted octanol–water partition coefficient (Wildman–Crippen LogP) is 3.84. The molecule has 0 saturated carbocycles. The molecule has 6 nitrogen and oxygen atoms in total. The van der Waals surface area contributed by atoms with E-state index in [0.29, 0.717) is 11.7 Å². The molecule has 0 spiro atoms. The Morgan fingerprint density at radius 3 is 2.63 bits per heavy atom. The van der Waals surface area contributed by atoms with Gasteiger partial charge in [0.25, 0.3) is 5.91 Å². The minimum Gasteiger partial charge on any atom is -0.468 e. The first-order valence-electron chi connectivity index (χ1n) is 8.41. The number of carbonyl (C=O) groups is 2. The van der Waals surface area contributed by atoms with E-state index in [1.165, 1.54) is 23.3 Å². The first kappa shape index (κ1) is 18.8. The number of hydrogen-bond donors (Lipinski definition) is 0. The Kier molecular flexibility index (Phi) is 5.71. The second-order valence-corrected chi connectivity index (χ2v) is 7.01. The summed E-state index contributed by atoms with van der Waals surface area (Å²) in [5, 5.41) is 1.91. The van der Waals surface area contributed by atoms with Crippen LogP contribution in [0.1, 0.15) is 27.4 Å². The first-order valence-corrected chi connectivity index (χ1v) is 9.29. The molecule has 3 aromatic rings. The van der Waals surface area contributed by atoms with Crippen LogP contribution in [0.15, 0.2) is 46.2 Å². The van der Waals surface area contributed by atoms with Crippen LogP contribution in [-0.2, 0) is 16.1 Å². The Bertz CT molecular complexity index is 947. The maximum absolute atomic E-state index is 13.1. The third-order valence-electron chi connectivity index (χ3n) is 4.19. The summed E-state index contributed by atoms with van der Waals surface area (Å²) in [4.78, 5) is 31.6. The summed E-state index contributed by atoms with van der Waals surface area (Å²) < 4.78 is 10.4. The molecular formula is C20H20N2O4S. The predicted molar refractivity (Wildman–Crippen MR) is 102 cm³/mol. The molecule has 0 saturated heterocycles. The van der Waals surface area contributed by atoms with E-state index in [-0.39, 0.29) is 24.7 Å². The lowest BCUT2D eigenvalue weighted by Crippen LogP contribution is -2.36. The van der Waals surface area contributed by atoms with E-state index >= 15 is 0 Å². The summed E-state index contributed by atoms with van der Waals surface area (Å²) in [6.07, 6.45) is 0. The average molecular weight is 384 g/mol. The summed E-state index contributed by atoms with van der Waals surface area (Å²) in [6, 6.07) is 11.5. The van der Waals surface area contributed by atoms with Crippen molar-refractivity contribution in [1.29, 1.82) is 0 Å². The molecule has 0 N–H and O–H groups in total. The molecule has 0 fully saturated rings. The number of aromatic nitrogens is 1. The largest absolute Gasteiger partial charge is 0.468 e. The number of ether oxygens (including phenoxy) is 1. The normalized spacial score (nSPS) is 10.6. The highest BCUT2D eigenvalue weighted by Crippen LogP contribution is 2.26. The lowest BCUT2D eigenvalue weighted by Gasteiger charge is -2.21. The monoisotopic (exact) mass is 384 g/mol. The topological polar surface area (TPSA) is 72.6 Å². The standard InChI is InChI=1S/C20H20N2O4S/c1-13-7-4-5-8-15(13)11-22(12-17(23)25-3)20(24)18-14(2)26-19(21-18)16-9-6-10-27-16/h4-10H,11-12H2,1-3H3. The zero-order valence-corrected chi connectivity index (χ0v) is 16.2. The van der Waals surface area contributed by atoms with Crippen molar-refractivity contribution in [3.8, 4) is 10.8 Å². The van der Waals surface area contributed by atoms with Crippen molar-refractivity contribution in [2.45, 2.75) is 20.4 Å². The number of aryl methyl sites for hydroxylation is 2. The van der Waals surface area contributed by atoms with Crippen molar-refractivity contribution in [1.82, 2.24) is 9.88 Å². The molecule has 0 bridgehead atoms. The fraction of sp³-hybridized carbons (Fsp3) is 0.250. The third kappa shape index (κ3) is 4.25. The summed E-state index contributed by atoms with van der Waals surface area (Å²) in [6.45, 7) is 3.78. The number of amides is 1. The van der Waals surface area contributed by atoms with Gasteiger partial charge in [-0.25, -0.2) is 4.98 Å². The third-order valence-corrected chi connectivity index (χ3v) is 5.05. The van der Waals surface area contributed by atoms with Crippen LogP contribution in [0.2, 0.25) is 0 Å². The van der Waals surface area contributed by atoms with Gasteiger partial charge in [0.2, 0.25) is 5.89 Å². The fourth-order valence-electron chi connectivity index (χ4n) is 2.66. The van der Waals surface area contributed by atoms with Crippen molar-refractivity contribution in [2.75, 3.05) is 13.7 Å². The van der Waals surface area contributed by atoms with Crippen LogP contribution in [0.5, 0.6) is 0 Å². The first-order chi connectivity index (χ1) is 13.0. The number of nitrogens with zero attached hydrogens (tertiary/aromatic N) is 2. The van der Waals surface area contributed by atoms with E-state index in [1.54, 1.807) is 6.92 Å². The molecule has 2 aromatic heterocycles. The molecule has 140 valence electrons. The number of esters is 1. The molecule has 27 heavy (non-hydrogen) atoms. The second kappa shape index (κ2) is 8.18. The number of hydrogen-bond acceptors (Lipinski definition) is 6. The molecule has 1 amide bonds. The average Bonchev–Trinajstić information content (AvgIpc) is 3.31. The molecule has 1 aromatic carbocycles. The van der Waals surface area contributed by atoms with Gasteiger partial charge in [-0.3, -0.25) is 9.59 Å². The van der Waals surface area contributed by atoms with E-state index < -0.39 is 5.97 Å². The number of oxazole rings is 1. The highest BCUT2D eigenvalue weighted by molar-refractivity contribution is 7.13. The van der Waals surface area contributed by atoms with Crippen molar-refractivity contribution < 1.29 is 18.7 Å². The number of rotatable bonds is 6.